The number of alkyl halides is 3. The van der Waals surface area contributed by atoms with E-state index in [0.717, 1.165) is 27.3 Å². The summed E-state index contributed by atoms with van der Waals surface area (Å²) in [6, 6.07) is 9.61. The summed E-state index contributed by atoms with van der Waals surface area (Å²) in [5, 5.41) is 0.193. The van der Waals surface area contributed by atoms with Crippen molar-refractivity contribution in [2.45, 2.75) is 18.1 Å². The highest BCUT2D eigenvalue weighted by atomic mass is 32.1. The lowest BCUT2D eigenvalue weighted by atomic mass is 10.1. The van der Waals surface area contributed by atoms with Gasteiger partial charge in [0.05, 0.1) is 40.3 Å². The Bertz CT molecular complexity index is 1390. The first-order valence-electron chi connectivity index (χ1n) is 8.82. The number of rotatable bonds is 3. The van der Waals surface area contributed by atoms with E-state index in [-0.39, 0.29) is 23.1 Å². The zero-order valence-corrected chi connectivity index (χ0v) is 16.2. The smallest absolute Gasteiger partial charge is 0.318 e. The number of fused-ring (bicyclic) bond motifs is 2. The lowest BCUT2D eigenvalue weighted by Crippen LogP contribution is -2.41. The van der Waals surface area contributed by atoms with E-state index >= 15 is 0 Å². The van der Waals surface area contributed by atoms with Crippen LogP contribution in [0.3, 0.4) is 0 Å². The number of hydrogen-bond acceptors (Lipinski definition) is 5. The zero-order chi connectivity index (χ0) is 21.6. The maximum absolute atomic E-state index is 13.3. The molecule has 0 unspecified atom stereocenters. The number of nitrogens with zero attached hydrogens (tertiary/aromatic N) is 3. The van der Waals surface area contributed by atoms with Gasteiger partial charge in [-0.2, -0.15) is 25.8 Å². The van der Waals surface area contributed by atoms with Gasteiger partial charge in [-0.25, -0.2) is 9.36 Å². The molecule has 0 aliphatic rings. The van der Waals surface area contributed by atoms with Gasteiger partial charge in [0.25, 0.3) is 5.56 Å². The summed E-state index contributed by atoms with van der Waals surface area (Å²) in [6.45, 7) is -0.109. The number of benzene rings is 2. The van der Waals surface area contributed by atoms with Gasteiger partial charge in [-0.3, -0.25) is 14.3 Å². The van der Waals surface area contributed by atoms with Crippen molar-refractivity contribution in [2.75, 3.05) is 0 Å². The number of halogens is 3. The van der Waals surface area contributed by atoms with Gasteiger partial charge in [0.15, 0.2) is 0 Å². The molecule has 154 valence electrons. The van der Waals surface area contributed by atoms with Crippen LogP contribution >= 0.6 is 12.6 Å². The lowest BCUT2D eigenvalue weighted by Gasteiger charge is -2.17. The first kappa shape index (κ1) is 20.2. The Labute approximate surface area is 172 Å². The molecule has 0 aliphatic carbocycles. The fraction of sp³-hybridized carbons (Fsp3) is 0.150. The monoisotopic (exact) mass is 432 g/mol. The van der Waals surface area contributed by atoms with Crippen LogP contribution in [0.1, 0.15) is 5.56 Å². The first-order chi connectivity index (χ1) is 14.2. The molecule has 30 heavy (non-hydrogen) atoms. The highest BCUT2D eigenvalue weighted by molar-refractivity contribution is 7.80. The molecule has 6 nitrogen and oxygen atoms in total. The number of pyridine rings is 1. The van der Waals surface area contributed by atoms with Crippen molar-refractivity contribution in [1.82, 2.24) is 14.1 Å². The lowest BCUT2D eigenvalue weighted by molar-refractivity contribution is -0.137. The van der Waals surface area contributed by atoms with Gasteiger partial charge in [0.1, 0.15) is 0 Å². The van der Waals surface area contributed by atoms with Gasteiger partial charge in [-0.05, 0) is 18.2 Å². The Morgan fingerprint density at radius 3 is 2.50 bits per heavy atom. The largest absolute Gasteiger partial charge is 0.416 e. The second-order valence-corrected chi connectivity index (χ2v) is 7.37. The van der Waals surface area contributed by atoms with Crippen LogP contribution in [0.2, 0.25) is 0 Å². The van der Waals surface area contributed by atoms with E-state index in [1.807, 2.05) is 0 Å². The maximum atomic E-state index is 13.3. The van der Waals surface area contributed by atoms with Gasteiger partial charge in [0, 0.05) is 17.0 Å². The Hall–Kier alpha value is -3.11. The molecule has 0 fully saturated rings. The van der Waals surface area contributed by atoms with Crippen LogP contribution in [0.5, 0.6) is 0 Å². The van der Waals surface area contributed by atoms with Crippen molar-refractivity contribution in [3.8, 4) is 5.69 Å². The third-order valence-electron chi connectivity index (χ3n) is 4.73. The minimum Gasteiger partial charge on any atom is -0.318 e. The van der Waals surface area contributed by atoms with Crippen molar-refractivity contribution < 1.29 is 13.2 Å². The van der Waals surface area contributed by atoms with Crippen molar-refractivity contribution in [1.29, 1.82) is 0 Å². The van der Waals surface area contributed by atoms with Gasteiger partial charge < -0.3 is 5.73 Å². The SMILES string of the molecule is N[C@@H](S)Cn1c(=O)n(-c2cncc3ccccc23)c(=O)c2cc(C(F)(F)F)ccc21. The van der Waals surface area contributed by atoms with Gasteiger partial charge >= 0.3 is 11.9 Å². The van der Waals surface area contributed by atoms with E-state index in [4.69, 9.17) is 5.73 Å². The molecule has 0 saturated carbocycles. The van der Waals surface area contributed by atoms with Crippen LogP contribution in [0.4, 0.5) is 13.2 Å². The van der Waals surface area contributed by atoms with Crippen LogP contribution in [0, 0.1) is 0 Å². The number of aromatic nitrogens is 3. The highest BCUT2D eigenvalue weighted by Crippen LogP contribution is 2.30. The molecule has 4 aromatic rings. The third kappa shape index (κ3) is 3.37. The van der Waals surface area contributed by atoms with Crippen LogP contribution in [-0.4, -0.2) is 19.5 Å². The van der Waals surface area contributed by atoms with E-state index < -0.39 is 28.4 Å². The van der Waals surface area contributed by atoms with E-state index in [1.165, 1.54) is 6.20 Å². The molecule has 2 heterocycles. The van der Waals surface area contributed by atoms with E-state index in [1.54, 1.807) is 30.5 Å². The first-order valence-corrected chi connectivity index (χ1v) is 9.33. The second kappa shape index (κ2) is 7.29. The summed E-state index contributed by atoms with van der Waals surface area (Å²) in [4.78, 5) is 30.5. The molecule has 10 heteroatoms. The minimum atomic E-state index is -4.65. The summed E-state index contributed by atoms with van der Waals surface area (Å²) in [5.74, 6) is 0. The van der Waals surface area contributed by atoms with Crippen LogP contribution in [0.15, 0.2) is 64.4 Å². The van der Waals surface area contributed by atoms with Crippen molar-refractivity contribution in [3.05, 3.63) is 81.3 Å². The van der Waals surface area contributed by atoms with Gasteiger partial charge in [-0.15, -0.1) is 0 Å². The normalized spacial score (nSPS) is 13.1. The number of hydrogen-bond donors (Lipinski definition) is 2. The minimum absolute atomic E-state index is 0.0481. The molecule has 0 bridgehead atoms. The molecular weight excluding hydrogens is 417 g/mol. The quantitative estimate of drug-likeness (QED) is 0.385. The molecule has 4 rings (SSSR count). The van der Waals surface area contributed by atoms with Crippen LogP contribution in [-0.2, 0) is 12.7 Å². The highest BCUT2D eigenvalue weighted by Gasteiger charge is 2.31. The second-order valence-electron chi connectivity index (χ2n) is 6.71. The Balaban J connectivity index is 2.16. The van der Waals surface area contributed by atoms with Crippen LogP contribution < -0.4 is 17.0 Å². The maximum Gasteiger partial charge on any atom is 0.416 e. The van der Waals surface area contributed by atoms with Gasteiger partial charge in [0.2, 0.25) is 0 Å². The molecule has 0 saturated heterocycles. The summed E-state index contributed by atoms with van der Waals surface area (Å²) in [6.07, 6.45) is -1.75. The fourth-order valence-corrected chi connectivity index (χ4v) is 3.57. The van der Waals surface area contributed by atoms with Crippen LogP contribution in [0.25, 0.3) is 27.4 Å². The third-order valence-corrected chi connectivity index (χ3v) is 4.89. The van der Waals surface area contributed by atoms with E-state index in [0.29, 0.717) is 10.8 Å². The molecule has 0 spiro atoms. The topological polar surface area (TPSA) is 82.9 Å². The molecular formula is C20H15F3N4O2S. The molecule has 0 radical (unpaired) electrons. The summed E-state index contributed by atoms with van der Waals surface area (Å²) >= 11 is 4.09. The molecule has 2 aromatic heterocycles. The zero-order valence-electron chi connectivity index (χ0n) is 15.3. The number of thiol groups is 1. The van der Waals surface area contributed by atoms with Crippen molar-refractivity contribution in [2.24, 2.45) is 5.73 Å². The number of nitrogens with two attached hydrogens (primary N) is 1. The van der Waals surface area contributed by atoms with E-state index in [2.05, 4.69) is 17.6 Å². The van der Waals surface area contributed by atoms with Gasteiger partial charge in [-0.1, -0.05) is 24.3 Å². The predicted octanol–water partition coefficient (Wildman–Crippen LogP) is 2.93. The average molecular weight is 432 g/mol. The molecule has 2 N–H and O–H groups in total. The molecule has 0 amide bonds. The van der Waals surface area contributed by atoms with Crippen molar-refractivity contribution >= 4 is 34.3 Å². The average Bonchev–Trinajstić information content (AvgIpc) is 2.70. The van der Waals surface area contributed by atoms with E-state index in [9.17, 15) is 22.8 Å². The fourth-order valence-electron chi connectivity index (χ4n) is 3.40. The van der Waals surface area contributed by atoms with Crippen molar-refractivity contribution in [3.63, 3.8) is 0 Å². The Morgan fingerprint density at radius 2 is 1.80 bits per heavy atom. The Morgan fingerprint density at radius 1 is 1.07 bits per heavy atom. The Kier molecular flexibility index (Phi) is 4.91. The summed E-state index contributed by atoms with van der Waals surface area (Å²) in [5.41, 5.74) is 3.34. The summed E-state index contributed by atoms with van der Waals surface area (Å²) < 4.78 is 41.7. The predicted molar refractivity (Wildman–Crippen MR) is 111 cm³/mol. The standard InChI is InChI=1S/C20H15F3N4O2S/c21-20(22,23)12-5-6-15-14(7-12)18(28)27(19(29)26(15)10-17(24)30)16-9-25-8-11-3-1-2-4-13(11)16/h1-9,17,30H,10,24H2/t17-/m0/s1. The summed E-state index contributed by atoms with van der Waals surface area (Å²) in [7, 11) is 0. The molecule has 0 aliphatic heterocycles. The molecule has 2 aromatic carbocycles. The molecule has 1 atom stereocenters.